The van der Waals surface area contributed by atoms with E-state index in [9.17, 15) is 18.0 Å². The number of aryl methyl sites for hydroxylation is 2. The number of nitrogens with zero attached hydrogens (tertiary/aromatic N) is 4. The zero-order valence-electron chi connectivity index (χ0n) is 18.2. The van der Waals surface area contributed by atoms with Crippen LogP contribution < -0.4 is 11.0 Å². The molecule has 0 atom stereocenters. The van der Waals surface area contributed by atoms with Crippen LogP contribution in [0.25, 0.3) is 5.65 Å². The van der Waals surface area contributed by atoms with E-state index in [0.717, 1.165) is 5.56 Å². The van der Waals surface area contributed by atoms with Crippen LogP contribution in [0.15, 0.2) is 58.4 Å². The summed E-state index contributed by atoms with van der Waals surface area (Å²) in [4.78, 5) is 24.6. The van der Waals surface area contributed by atoms with E-state index >= 15 is 0 Å². The highest BCUT2D eigenvalue weighted by Crippen LogP contribution is 2.18. The highest BCUT2D eigenvalue weighted by Gasteiger charge is 2.26. The Bertz CT molecular complexity index is 1260. The highest BCUT2D eigenvalue weighted by atomic mass is 32.2. The molecular weight excluding hydrogens is 446 g/mol. The topological polar surface area (TPSA) is 115 Å². The number of ether oxygens (including phenoxy) is 1. The molecule has 0 spiro atoms. The third kappa shape index (κ3) is 5.49. The molecular formula is C22H27N5O5S. The van der Waals surface area contributed by atoms with E-state index in [4.69, 9.17) is 4.74 Å². The standard InChI is InChI=1S/C22H27N5O5S/c28-21(23-11-3-13-27-22(29)26-12-2-1-4-20(26)24-27)10-7-18-5-8-19(9-6-18)33(30,31)25-14-16-32-17-15-25/h1-2,4-6,8-9,12H,3,7,10-11,13-17H2,(H,23,28). The number of benzene rings is 1. The molecule has 33 heavy (non-hydrogen) atoms. The number of hydrogen-bond acceptors (Lipinski definition) is 6. The zero-order chi connectivity index (χ0) is 23.3. The van der Waals surface area contributed by atoms with Crippen LogP contribution >= 0.6 is 0 Å². The quantitative estimate of drug-likeness (QED) is 0.457. The number of carbonyl (C=O) groups excluding carboxylic acids is 1. The number of pyridine rings is 1. The number of amides is 1. The predicted octanol–water partition coefficient (Wildman–Crippen LogP) is 0.656. The molecule has 0 unspecified atom stereocenters. The zero-order valence-corrected chi connectivity index (χ0v) is 19.0. The van der Waals surface area contributed by atoms with Crippen LogP contribution in [0.3, 0.4) is 0 Å². The van der Waals surface area contributed by atoms with Crippen LogP contribution in [-0.2, 0) is 32.5 Å². The summed E-state index contributed by atoms with van der Waals surface area (Å²) in [6.07, 6.45) is 3.07. The molecule has 1 saturated heterocycles. The monoisotopic (exact) mass is 473 g/mol. The Hall–Kier alpha value is -3.02. The normalized spacial score (nSPS) is 15.0. The van der Waals surface area contributed by atoms with Crippen LogP contribution in [0.1, 0.15) is 18.4 Å². The minimum absolute atomic E-state index is 0.0950. The molecule has 176 valence electrons. The van der Waals surface area contributed by atoms with Crippen LogP contribution in [0.2, 0.25) is 0 Å². The van der Waals surface area contributed by atoms with Gasteiger partial charge in [0.15, 0.2) is 5.65 Å². The van der Waals surface area contributed by atoms with E-state index in [0.29, 0.717) is 64.3 Å². The first-order valence-corrected chi connectivity index (χ1v) is 12.4. The number of sulfonamides is 1. The van der Waals surface area contributed by atoms with E-state index < -0.39 is 10.0 Å². The van der Waals surface area contributed by atoms with E-state index in [1.54, 1.807) is 42.6 Å². The molecule has 1 N–H and O–H groups in total. The Morgan fingerprint density at radius 1 is 1.09 bits per heavy atom. The fourth-order valence-corrected chi connectivity index (χ4v) is 5.09. The van der Waals surface area contributed by atoms with Gasteiger partial charge in [-0.3, -0.25) is 9.20 Å². The van der Waals surface area contributed by atoms with Crippen molar-refractivity contribution in [1.29, 1.82) is 0 Å². The van der Waals surface area contributed by atoms with E-state index in [-0.39, 0.29) is 16.5 Å². The Kier molecular flexibility index (Phi) is 7.21. The fourth-order valence-electron chi connectivity index (χ4n) is 3.68. The number of nitrogens with one attached hydrogen (secondary N) is 1. The van der Waals surface area contributed by atoms with Crippen molar-refractivity contribution in [2.45, 2.75) is 30.7 Å². The SMILES string of the molecule is O=C(CCc1ccc(S(=O)(=O)N2CCOCC2)cc1)NCCCn1nc2ccccn2c1=O. The van der Waals surface area contributed by atoms with Gasteiger partial charge in [0.25, 0.3) is 0 Å². The third-order valence-electron chi connectivity index (χ3n) is 5.53. The molecule has 2 aromatic heterocycles. The molecule has 1 aromatic carbocycles. The lowest BCUT2D eigenvalue weighted by molar-refractivity contribution is -0.121. The van der Waals surface area contributed by atoms with Gasteiger partial charge in [0.05, 0.1) is 18.1 Å². The van der Waals surface area contributed by atoms with Gasteiger partial charge in [0, 0.05) is 38.8 Å². The maximum absolute atomic E-state index is 12.7. The smallest absolute Gasteiger partial charge is 0.350 e. The van der Waals surface area contributed by atoms with Gasteiger partial charge in [-0.15, -0.1) is 5.10 Å². The first-order chi connectivity index (χ1) is 15.9. The lowest BCUT2D eigenvalue weighted by Gasteiger charge is -2.26. The van der Waals surface area contributed by atoms with E-state index in [1.807, 2.05) is 6.07 Å². The lowest BCUT2D eigenvalue weighted by Crippen LogP contribution is -2.40. The summed E-state index contributed by atoms with van der Waals surface area (Å²) < 4.78 is 34.9. The van der Waals surface area contributed by atoms with Crippen LogP contribution in [-0.4, -0.2) is 65.7 Å². The Labute approximate surface area is 191 Å². The Morgan fingerprint density at radius 3 is 2.58 bits per heavy atom. The lowest BCUT2D eigenvalue weighted by atomic mass is 10.1. The molecule has 0 aliphatic carbocycles. The van der Waals surface area contributed by atoms with Crippen molar-refractivity contribution in [1.82, 2.24) is 23.8 Å². The Morgan fingerprint density at radius 2 is 1.85 bits per heavy atom. The maximum atomic E-state index is 12.7. The number of aromatic nitrogens is 3. The van der Waals surface area contributed by atoms with E-state index in [2.05, 4.69) is 10.4 Å². The van der Waals surface area contributed by atoms with Gasteiger partial charge >= 0.3 is 5.69 Å². The molecule has 1 fully saturated rings. The van der Waals surface area contributed by atoms with Crippen molar-refractivity contribution in [3.8, 4) is 0 Å². The molecule has 11 heteroatoms. The summed E-state index contributed by atoms with van der Waals surface area (Å²) in [5.74, 6) is -0.0950. The first kappa shape index (κ1) is 23.1. The molecule has 1 aliphatic heterocycles. The predicted molar refractivity (Wildman–Crippen MR) is 121 cm³/mol. The largest absolute Gasteiger partial charge is 0.379 e. The summed E-state index contributed by atoms with van der Waals surface area (Å²) in [5.41, 5.74) is 1.29. The third-order valence-corrected chi connectivity index (χ3v) is 7.44. The van der Waals surface area contributed by atoms with Crippen LogP contribution in [0, 0.1) is 0 Å². The molecule has 3 heterocycles. The van der Waals surface area contributed by atoms with Gasteiger partial charge in [0.2, 0.25) is 15.9 Å². The minimum Gasteiger partial charge on any atom is -0.379 e. The summed E-state index contributed by atoms with van der Waals surface area (Å²) in [5, 5.41) is 7.11. The molecule has 10 nitrogen and oxygen atoms in total. The van der Waals surface area contributed by atoms with Gasteiger partial charge < -0.3 is 10.1 Å². The summed E-state index contributed by atoms with van der Waals surface area (Å²) >= 11 is 0. The van der Waals surface area contributed by atoms with Gasteiger partial charge in [0.1, 0.15) is 0 Å². The molecule has 4 rings (SSSR count). The summed E-state index contributed by atoms with van der Waals surface area (Å²) in [6, 6.07) is 12.0. The average Bonchev–Trinajstić information content (AvgIpc) is 3.17. The molecule has 0 bridgehead atoms. The minimum atomic E-state index is -3.52. The van der Waals surface area contributed by atoms with Crippen LogP contribution in [0.4, 0.5) is 0 Å². The molecule has 3 aromatic rings. The van der Waals surface area contributed by atoms with Gasteiger partial charge in [-0.1, -0.05) is 18.2 Å². The molecule has 0 radical (unpaired) electrons. The molecule has 0 saturated carbocycles. The van der Waals surface area contributed by atoms with Gasteiger partial charge in [-0.05, 0) is 42.7 Å². The van der Waals surface area contributed by atoms with Crippen LogP contribution in [0.5, 0.6) is 0 Å². The number of hydrogen-bond donors (Lipinski definition) is 1. The molecule has 1 amide bonds. The van der Waals surface area contributed by atoms with Crippen molar-refractivity contribution in [2.75, 3.05) is 32.8 Å². The number of morpholine rings is 1. The number of rotatable bonds is 9. The van der Waals surface area contributed by atoms with Crippen molar-refractivity contribution < 1.29 is 17.9 Å². The second-order valence-electron chi connectivity index (χ2n) is 7.80. The maximum Gasteiger partial charge on any atom is 0.350 e. The van der Waals surface area contributed by atoms with Gasteiger partial charge in [-0.2, -0.15) is 4.31 Å². The highest BCUT2D eigenvalue weighted by molar-refractivity contribution is 7.89. The van der Waals surface area contributed by atoms with E-state index in [1.165, 1.54) is 13.4 Å². The van der Waals surface area contributed by atoms with Crippen molar-refractivity contribution in [2.24, 2.45) is 0 Å². The number of carbonyl (C=O) groups is 1. The van der Waals surface area contributed by atoms with Crippen molar-refractivity contribution >= 4 is 21.6 Å². The first-order valence-electron chi connectivity index (χ1n) is 10.9. The van der Waals surface area contributed by atoms with Crippen molar-refractivity contribution in [3.63, 3.8) is 0 Å². The summed E-state index contributed by atoms with van der Waals surface area (Å²) in [7, 11) is -3.52. The Balaban J connectivity index is 1.21. The van der Waals surface area contributed by atoms with Gasteiger partial charge in [-0.25, -0.2) is 17.9 Å². The average molecular weight is 474 g/mol. The van der Waals surface area contributed by atoms with Crippen molar-refractivity contribution in [3.05, 3.63) is 64.7 Å². The molecule has 1 aliphatic rings. The summed E-state index contributed by atoms with van der Waals surface area (Å²) in [6.45, 7) is 2.38. The number of fused-ring (bicyclic) bond motifs is 1. The second kappa shape index (κ2) is 10.3. The second-order valence-corrected chi connectivity index (χ2v) is 9.74. The fraction of sp³-hybridized carbons (Fsp3) is 0.409.